The number of carbonyl (C=O) groups is 2. The van der Waals surface area contributed by atoms with Crippen LogP contribution in [0, 0.1) is 0 Å². The van der Waals surface area contributed by atoms with Crippen LogP contribution in [0.25, 0.3) is 0 Å². The lowest BCUT2D eigenvalue weighted by atomic mass is 10.2. The Labute approximate surface area is 141 Å². The van der Waals surface area contributed by atoms with Gasteiger partial charge in [0.05, 0.1) is 24.2 Å². The SMILES string of the molecule is CCN(C(=O)COC(=O)c1ccc(OC)cc1)[C@H]1CCS(=O)(=O)C1. The Balaban J connectivity index is 1.92. The largest absolute Gasteiger partial charge is 0.497 e. The molecule has 0 unspecified atom stereocenters. The molecule has 1 saturated heterocycles. The number of benzene rings is 1. The summed E-state index contributed by atoms with van der Waals surface area (Å²) in [6.45, 7) is 1.74. The molecule has 0 aliphatic carbocycles. The summed E-state index contributed by atoms with van der Waals surface area (Å²) in [5.41, 5.74) is 0.315. The van der Waals surface area contributed by atoms with Gasteiger partial charge in [-0.05, 0) is 37.6 Å². The number of carbonyl (C=O) groups excluding carboxylic acids is 2. The molecule has 1 amide bonds. The maximum absolute atomic E-state index is 12.2. The van der Waals surface area contributed by atoms with Gasteiger partial charge in [0.25, 0.3) is 5.91 Å². The molecule has 8 heteroatoms. The van der Waals surface area contributed by atoms with E-state index in [1.54, 1.807) is 31.2 Å². The van der Waals surface area contributed by atoms with Crippen molar-refractivity contribution in [2.45, 2.75) is 19.4 Å². The average molecular weight is 355 g/mol. The molecule has 1 aromatic carbocycles. The zero-order valence-corrected chi connectivity index (χ0v) is 14.5. The number of nitrogens with zero attached hydrogens (tertiary/aromatic N) is 1. The molecule has 0 saturated carbocycles. The molecule has 7 nitrogen and oxygen atoms in total. The first-order valence-corrected chi connectivity index (χ1v) is 9.49. The van der Waals surface area contributed by atoms with Gasteiger partial charge in [-0.25, -0.2) is 13.2 Å². The van der Waals surface area contributed by atoms with Gasteiger partial charge >= 0.3 is 5.97 Å². The van der Waals surface area contributed by atoms with E-state index in [1.807, 2.05) is 0 Å². The second-order valence-corrected chi connectivity index (χ2v) is 7.77. The first-order chi connectivity index (χ1) is 11.4. The van der Waals surface area contributed by atoms with Gasteiger partial charge in [0, 0.05) is 12.6 Å². The smallest absolute Gasteiger partial charge is 0.338 e. The Bertz CT molecular complexity index is 698. The zero-order valence-electron chi connectivity index (χ0n) is 13.7. The third kappa shape index (κ3) is 4.47. The maximum atomic E-state index is 12.2. The molecule has 1 fully saturated rings. The van der Waals surface area contributed by atoms with E-state index in [2.05, 4.69) is 0 Å². The first kappa shape index (κ1) is 18.3. The van der Waals surface area contributed by atoms with Gasteiger partial charge in [0.1, 0.15) is 5.75 Å². The third-order valence-electron chi connectivity index (χ3n) is 3.96. The summed E-state index contributed by atoms with van der Waals surface area (Å²) in [6.07, 6.45) is 0.425. The molecular formula is C16H21NO6S. The molecular weight excluding hydrogens is 334 g/mol. The number of hydrogen-bond donors (Lipinski definition) is 0. The number of likely N-dealkylation sites (N-methyl/N-ethyl adjacent to an activating group) is 1. The van der Waals surface area contributed by atoms with E-state index in [0.29, 0.717) is 24.3 Å². The fourth-order valence-corrected chi connectivity index (χ4v) is 4.41. The number of methoxy groups -OCH3 is 1. The summed E-state index contributed by atoms with van der Waals surface area (Å²) in [5, 5.41) is 0. The lowest BCUT2D eigenvalue weighted by Crippen LogP contribution is -2.43. The molecule has 1 aliphatic heterocycles. The standard InChI is InChI=1S/C16H21NO6S/c1-3-17(13-8-9-24(20,21)11-13)15(18)10-23-16(19)12-4-6-14(22-2)7-5-12/h4-7,13H,3,8-11H2,1-2H3/t13-/m0/s1. The van der Waals surface area contributed by atoms with Crippen molar-refractivity contribution in [1.82, 2.24) is 4.90 Å². The minimum atomic E-state index is -3.08. The highest BCUT2D eigenvalue weighted by molar-refractivity contribution is 7.91. The minimum Gasteiger partial charge on any atom is -0.497 e. The highest BCUT2D eigenvalue weighted by atomic mass is 32.2. The summed E-state index contributed by atoms with van der Waals surface area (Å²) < 4.78 is 33.1. The van der Waals surface area contributed by atoms with Crippen molar-refractivity contribution in [3.05, 3.63) is 29.8 Å². The van der Waals surface area contributed by atoms with Crippen LogP contribution >= 0.6 is 0 Å². The lowest BCUT2D eigenvalue weighted by molar-refractivity contribution is -0.136. The average Bonchev–Trinajstić information content (AvgIpc) is 2.93. The topological polar surface area (TPSA) is 90.0 Å². The van der Waals surface area contributed by atoms with E-state index in [4.69, 9.17) is 9.47 Å². The van der Waals surface area contributed by atoms with Crippen LogP contribution in [-0.4, -0.2) is 63.0 Å². The van der Waals surface area contributed by atoms with Crippen molar-refractivity contribution in [2.75, 3.05) is 31.8 Å². The number of sulfone groups is 1. The van der Waals surface area contributed by atoms with Crippen molar-refractivity contribution in [1.29, 1.82) is 0 Å². The number of hydrogen-bond acceptors (Lipinski definition) is 6. The molecule has 0 radical (unpaired) electrons. The fraction of sp³-hybridized carbons (Fsp3) is 0.500. The van der Waals surface area contributed by atoms with Crippen LogP contribution in [0.1, 0.15) is 23.7 Å². The van der Waals surface area contributed by atoms with Crippen LogP contribution in [-0.2, 0) is 19.4 Å². The van der Waals surface area contributed by atoms with Crippen LogP contribution in [0.15, 0.2) is 24.3 Å². The lowest BCUT2D eigenvalue weighted by Gasteiger charge is -2.26. The van der Waals surface area contributed by atoms with E-state index >= 15 is 0 Å². The molecule has 1 aliphatic rings. The van der Waals surface area contributed by atoms with Crippen molar-refractivity contribution < 1.29 is 27.5 Å². The van der Waals surface area contributed by atoms with E-state index in [0.717, 1.165) is 0 Å². The van der Waals surface area contributed by atoms with Crippen molar-refractivity contribution >= 4 is 21.7 Å². The van der Waals surface area contributed by atoms with Crippen LogP contribution in [0.3, 0.4) is 0 Å². The Hall–Kier alpha value is -2.09. The Morgan fingerprint density at radius 1 is 1.25 bits per heavy atom. The van der Waals surface area contributed by atoms with Gasteiger partial charge in [-0.3, -0.25) is 4.79 Å². The molecule has 0 spiro atoms. The van der Waals surface area contributed by atoms with Crippen molar-refractivity contribution in [2.24, 2.45) is 0 Å². The second kappa shape index (κ2) is 7.65. The predicted molar refractivity (Wildman–Crippen MR) is 87.7 cm³/mol. The van der Waals surface area contributed by atoms with Gasteiger partial charge < -0.3 is 14.4 Å². The number of rotatable bonds is 6. The molecule has 24 heavy (non-hydrogen) atoms. The van der Waals surface area contributed by atoms with E-state index in [1.165, 1.54) is 12.0 Å². The third-order valence-corrected chi connectivity index (χ3v) is 5.71. The summed E-state index contributed by atoms with van der Waals surface area (Å²) in [5.74, 6) is -0.323. The molecule has 2 rings (SSSR count). The van der Waals surface area contributed by atoms with E-state index in [-0.39, 0.29) is 23.5 Å². The van der Waals surface area contributed by atoms with Gasteiger partial charge in [0.15, 0.2) is 16.4 Å². The number of amides is 1. The number of esters is 1. The van der Waals surface area contributed by atoms with Gasteiger partial charge in [-0.2, -0.15) is 0 Å². The predicted octanol–water partition coefficient (Wildman–Crippen LogP) is 0.888. The van der Waals surface area contributed by atoms with Gasteiger partial charge in [-0.15, -0.1) is 0 Å². The molecule has 1 atom stereocenters. The van der Waals surface area contributed by atoms with Crippen LogP contribution in [0.4, 0.5) is 0 Å². The first-order valence-electron chi connectivity index (χ1n) is 7.67. The van der Waals surface area contributed by atoms with Gasteiger partial charge in [-0.1, -0.05) is 0 Å². The Morgan fingerprint density at radius 2 is 1.92 bits per heavy atom. The summed E-state index contributed by atoms with van der Waals surface area (Å²) in [7, 11) is -1.56. The Kier molecular flexibility index (Phi) is 5.82. The molecule has 1 heterocycles. The van der Waals surface area contributed by atoms with Crippen molar-refractivity contribution in [3.63, 3.8) is 0 Å². The fourth-order valence-electron chi connectivity index (χ4n) is 2.68. The zero-order chi connectivity index (χ0) is 17.7. The van der Waals surface area contributed by atoms with Crippen LogP contribution in [0.5, 0.6) is 5.75 Å². The second-order valence-electron chi connectivity index (χ2n) is 5.54. The molecule has 0 N–H and O–H groups in total. The number of ether oxygens (including phenoxy) is 2. The maximum Gasteiger partial charge on any atom is 0.338 e. The monoisotopic (exact) mass is 355 g/mol. The minimum absolute atomic E-state index is 0.0288. The van der Waals surface area contributed by atoms with Gasteiger partial charge in [0.2, 0.25) is 0 Å². The summed E-state index contributed by atoms with van der Waals surface area (Å²) in [6, 6.07) is 6.01. The van der Waals surface area contributed by atoms with E-state index < -0.39 is 22.4 Å². The quantitative estimate of drug-likeness (QED) is 0.704. The van der Waals surface area contributed by atoms with E-state index in [9.17, 15) is 18.0 Å². The van der Waals surface area contributed by atoms with Crippen molar-refractivity contribution in [3.8, 4) is 5.75 Å². The molecule has 132 valence electrons. The summed E-state index contributed by atoms with van der Waals surface area (Å²) in [4.78, 5) is 25.7. The molecule has 0 bridgehead atoms. The van der Waals surface area contributed by atoms with Crippen LogP contribution < -0.4 is 4.74 Å². The highest BCUT2D eigenvalue weighted by Gasteiger charge is 2.34. The normalized spacial score (nSPS) is 18.8. The Morgan fingerprint density at radius 3 is 2.42 bits per heavy atom. The highest BCUT2D eigenvalue weighted by Crippen LogP contribution is 2.18. The summed E-state index contributed by atoms with van der Waals surface area (Å²) >= 11 is 0. The molecule has 0 aromatic heterocycles. The molecule has 1 aromatic rings. The van der Waals surface area contributed by atoms with Crippen LogP contribution in [0.2, 0.25) is 0 Å².